The molecule has 0 aliphatic carbocycles. The van der Waals surface area contributed by atoms with Crippen molar-refractivity contribution in [1.82, 2.24) is 4.98 Å². The number of hydrogen-bond acceptors (Lipinski definition) is 2. The summed E-state index contributed by atoms with van der Waals surface area (Å²) >= 11 is 15.2. The van der Waals surface area contributed by atoms with E-state index in [1.165, 1.54) is 6.20 Å². The standard InChI is InChI=1S/C13H8BrCl2NO/c14-10-4-9(6-17-7-10)12(18)5-8-2-1-3-11(15)13(8)16/h1-4,6-7H,5H2. The van der Waals surface area contributed by atoms with Gasteiger partial charge in [-0.15, -0.1) is 0 Å². The van der Waals surface area contributed by atoms with E-state index in [4.69, 9.17) is 23.2 Å². The Hall–Kier alpha value is -0.900. The van der Waals surface area contributed by atoms with Crippen molar-refractivity contribution in [3.05, 3.63) is 62.3 Å². The van der Waals surface area contributed by atoms with Gasteiger partial charge in [0.05, 0.1) is 10.0 Å². The molecule has 92 valence electrons. The molecular formula is C13H8BrCl2NO. The molecule has 0 N–H and O–H groups in total. The molecule has 5 heteroatoms. The third-order valence-electron chi connectivity index (χ3n) is 2.41. The lowest BCUT2D eigenvalue weighted by molar-refractivity contribution is 0.0992. The number of ketones is 1. The quantitative estimate of drug-likeness (QED) is 0.763. The first kappa shape index (κ1) is 13.5. The maximum Gasteiger partial charge on any atom is 0.168 e. The van der Waals surface area contributed by atoms with Crippen LogP contribution in [-0.2, 0) is 6.42 Å². The van der Waals surface area contributed by atoms with Crippen LogP contribution in [0.5, 0.6) is 0 Å². The second-order valence-corrected chi connectivity index (χ2v) is 5.41. The predicted molar refractivity (Wildman–Crippen MR) is 76.4 cm³/mol. The molecule has 0 atom stereocenters. The van der Waals surface area contributed by atoms with Crippen LogP contribution in [0, 0.1) is 0 Å². The fourth-order valence-electron chi connectivity index (χ4n) is 1.52. The number of benzene rings is 1. The largest absolute Gasteiger partial charge is 0.294 e. The Labute approximate surface area is 123 Å². The molecule has 18 heavy (non-hydrogen) atoms. The van der Waals surface area contributed by atoms with Gasteiger partial charge in [-0.2, -0.15) is 0 Å². The molecule has 0 bridgehead atoms. The fraction of sp³-hybridized carbons (Fsp3) is 0.0769. The Morgan fingerprint density at radius 1 is 1.28 bits per heavy atom. The van der Waals surface area contributed by atoms with E-state index in [2.05, 4.69) is 20.9 Å². The summed E-state index contributed by atoms with van der Waals surface area (Å²) in [5.41, 5.74) is 1.26. The molecule has 0 radical (unpaired) electrons. The maximum absolute atomic E-state index is 12.1. The minimum Gasteiger partial charge on any atom is -0.294 e. The molecule has 1 aromatic carbocycles. The van der Waals surface area contributed by atoms with E-state index in [9.17, 15) is 4.79 Å². The molecule has 0 spiro atoms. The Morgan fingerprint density at radius 2 is 2.06 bits per heavy atom. The summed E-state index contributed by atoms with van der Waals surface area (Å²) in [4.78, 5) is 16.0. The van der Waals surface area contributed by atoms with E-state index >= 15 is 0 Å². The molecule has 0 saturated carbocycles. The first-order chi connectivity index (χ1) is 8.58. The van der Waals surface area contributed by atoms with Crippen molar-refractivity contribution in [3.63, 3.8) is 0 Å². The summed E-state index contributed by atoms with van der Waals surface area (Å²) in [6.45, 7) is 0. The topological polar surface area (TPSA) is 30.0 Å². The average Bonchev–Trinajstić information content (AvgIpc) is 2.35. The summed E-state index contributed by atoms with van der Waals surface area (Å²) in [5, 5.41) is 0.879. The predicted octanol–water partition coefficient (Wildman–Crippen LogP) is 4.58. The summed E-state index contributed by atoms with van der Waals surface area (Å²) in [5.74, 6) is -0.0482. The van der Waals surface area contributed by atoms with Crippen LogP contribution in [0.25, 0.3) is 0 Å². The van der Waals surface area contributed by atoms with Crippen molar-refractivity contribution in [3.8, 4) is 0 Å². The van der Waals surface area contributed by atoms with E-state index in [1.54, 1.807) is 30.5 Å². The van der Waals surface area contributed by atoms with Crippen LogP contribution < -0.4 is 0 Å². The van der Waals surface area contributed by atoms with Gasteiger partial charge >= 0.3 is 0 Å². The number of rotatable bonds is 3. The van der Waals surface area contributed by atoms with E-state index in [1.807, 2.05) is 0 Å². The van der Waals surface area contributed by atoms with Gasteiger partial charge in [0.15, 0.2) is 5.78 Å². The number of Topliss-reactive ketones (excluding diaryl/α,β-unsaturated/α-hetero) is 1. The van der Waals surface area contributed by atoms with Gasteiger partial charge in [0, 0.05) is 28.9 Å². The summed E-state index contributed by atoms with van der Waals surface area (Å²) in [6, 6.07) is 6.99. The zero-order chi connectivity index (χ0) is 13.1. The Balaban J connectivity index is 2.24. The minimum absolute atomic E-state index is 0.0482. The molecule has 1 heterocycles. The minimum atomic E-state index is -0.0482. The number of aromatic nitrogens is 1. The fourth-order valence-corrected chi connectivity index (χ4v) is 2.28. The molecule has 0 saturated heterocycles. The van der Waals surface area contributed by atoms with Crippen molar-refractivity contribution in [2.24, 2.45) is 0 Å². The zero-order valence-corrected chi connectivity index (χ0v) is 12.3. The second kappa shape index (κ2) is 5.83. The van der Waals surface area contributed by atoms with Gasteiger partial charge < -0.3 is 0 Å². The molecular weight excluding hydrogens is 337 g/mol. The van der Waals surface area contributed by atoms with E-state index in [-0.39, 0.29) is 12.2 Å². The normalized spacial score (nSPS) is 10.4. The number of carbonyl (C=O) groups excluding carboxylic acids is 1. The number of halogens is 3. The first-order valence-corrected chi connectivity index (χ1v) is 6.69. The smallest absolute Gasteiger partial charge is 0.168 e. The maximum atomic E-state index is 12.1. The van der Waals surface area contributed by atoms with Gasteiger partial charge in [0.2, 0.25) is 0 Å². The van der Waals surface area contributed by atoms with Crippen molar-refractivity contribution < 1.29 is 4.79 Å². The van der Waals surface area contributed by atoms with Crippen molar-refractivity contribution in [2.45, 2.75) is 6.42 Å². The third kappa shape index (κ3) is 3.10. The van der Waals surface area contributed by atoms with Crippen LogP contribution in [0.15, 0.2) is 41.1 Å². The van der Waals surface area contributed by atoms with E-state index < -0.39 is 0 Å². The highest BCUT2D eigenvalue weighted by Crippen LogP contribution is 2.26. The van der Waals surface area contributed by atoms with Crippen LogP contribution in [0.4, 0.5) is 0 Å². The van der Waals surface area contributed by atoms with Crippen molar-refractivity contribution in [1.29, 1.82) is 0 Å². The highest BCUT2D eigenvalue weighted by molar-refractivity contribution is 9.10. The van der Waals surface area contributed by atoms with Crippen molar-refractivity contribution >= 4 is 44.9 Å². The van der Waals surface area contributed by atoms with E-state index in [0.29, 0.717) is 21.2 Å². The Bertz CT molecular complexity index is 601. The van der Waals surface area contributed by atoms with Gasteiger partial charge in [-0.3, -0.25) is 9.78 Å². The van der Waals surface area contributed by atoms with Gasteiger partial charge in [-0.05, 0) is 33.6 Å². The van der Waals surface area contributed by atoms with Crippen LogP contribution in [0.1, 0.15) is 15.9 Å². The van der Waals surface area contributed by atoms with Gasteiger partial charge in [-0.1, -0.05) is 35.3 Å². The molecule has 1 aromatic heterocycles. The summed E-state index contributed by atoms with van der Waals surface area (Å²) < 4.78 is 0.769. The lowest BCUT2D eigenvalue weighted by Crippen LogP contribution is -2.04. The second-order valence-electron chi connectivity index (χ2n) is 3.70. The van der Waals surface area contributed by atoms with Crippen LogP contribution >= 0.6 is 39.1 Å². The first-order valence-electron chi connectivity index (χ1n) is 5.14. The summed E-state index contributed by atoms with van der Waals surface area (Å²) in [6.07, 6.45) is 3.37. The van der Waals surface area contributed by atoms with E-state index in [0.717, 1.165) is 4.47 Å². The number of carbonyl (C=O) groups is 1. The number of nitrogens with zero attached hydrogens (tertiary/aromatic N) is 1. The SMILES string of the molecule is O=C(Cc1cccc(Cl)c1Cl)c1cncc(Br)c1. The Morgan fingerprint density at radius 3 is 2.78 bits per heavy atom. The lowest BCUT2D eigenvalue weighted by atomic mass is 10.0. The van der Waals surface area contributed by atoms with Gasteiger partial charge in [0.25, 0.3) is 0 Å². The molecule has 2 rings (SSSR count). The molecule has 2 nitrogen and oxygen atoms in total. The van der Waals surface area contributed by atoms with Crippen molar-refractivity contribution in [2.75, 3.05) is 0 Å². The van der Waals surface area contributed by atoms with Gasteiger partial charge in [0.1, 0.15) is 0 Å². The molecule has 0 fully saturated rings. The molecule has 2 aromatic rings. The van der Waals surface area contributed by atoms with Crippen LogP contribution in [-0.4, -0.2) is 10.8 Å². The highest BCUT2D eigenvalue weighted by atomic mass is 79.9. The number of pyridine rings is 1. The molecule has 0 amide bonds. The van der Waals surface area contributed by atoms with Gasteiger partial charge in [-0.25, -0.2) is 0 Å². The number of hydrogen-bond donors (Lipinski definition) is 0. The lowest BCUT2D eigenvalue weighted by Gasteiger charge is -2.05. The average molecular weight is 345 g/mol. The molecule has 0 aliphatic rings. The monoisotopic (exact) mass is 343 g/mol. The Kier molecular flexibility index (Phi) is 4.38. The third-order valence-corrected chi connectivity index (χ3v) is 3.70. The van der Waals surface area contributed by atoms with Crippen LogP contribution in [0.3, 0.4) is 0 Å². The molecule has 0 aliphatic heterocycles. The highest BCUT2D eigenvalue weighted by Gasteiger charge is 2.11. The molecule has 0 unspecified atom stereocenters. The zero-order valence-electron chi connectivity index (χ0n) is 9.16. The van der Waals surface area contributed by atoms with Crippen LogP contribution in [0.2, 0.25) is 10.0 Å². The summed E-state index contributed by atoms with van der Waals surface area (Å²) in [7, 11) is 0.